The van der Waals surface area contributed by atoms with E-state index in [1.54, 1.807) is 24.3 Å². The zero-order valence-corrected chi connectivity index (χ0v) is 12.7. The van der Waals surface area contributed by atoms with Crippen molar-refractivity contribution in [2.24, 2.45) is 0 Å². The summed E-state index contributed by atoms with van der Waals surface area (Å²) in [5.41, 5.74) is 0.890. The van der Waals surface area contributed by atoms with Gasteiger partial charge in [0.05, 0.1) is 0 Å². The molecular weight excluding hydrogens is 304 g/mol. The summed E-state index contributed by atoms with van der Waals surface area (Å²) in [6, 6.07) is 20.3. The third-order valence-corrected chi connectivity index (χ3v) is 3.96. The number of hydrogen-bond donors (Lipinski definition) is 1. The smallest absolute Gasteiger partial charge is 0.348 e. The number of phenols is 1. The summed E-state index contributed by atoms with van der Waals surface area (Å²) in [5, 5.41) is 12.0. The summed E-state index contributed by atoms with van der Waals surface area (Å²) in [5.74, 6) is 0.0665. The second-order valence-corrected chi connectivity index (χ2v) is 5.49. The van der Waals surface area contributed by atoms with E-state index in [1.165, 1.54) is 0 Å². The van der Waals surface area contributed by atoms with E-state index in [-0.39, 0.29) is 16.9 Å². The van der Waals surface area contributed by atoms with Gasteiger partial charge in [0.2, 0.25) is 0 Å². The third-order valence-electron chi connectivity index (χ3n) is 3.96. The Labute approximate surface area is 137 Å². The zero-order chi connectivity index (χ0) is 16.5. The van der Waals surface area contributed by atoms with E-state index in [1.807, 2.05) is 42.5 Å². The van der Waals surface area contributed by atoms with Crippen LogP contribution in [0.15, 0.2) is 75.9 Å². The Morgan fingerprint density at radius 2 is 1.62 bits per heavy atom. The van der Waals surface area contributed by atoms with Gasteiger partial charge in [-0.15, -0.1) is 0 Å². The van der Waals surface area contributed by atoms with Crippen molar-refractivity contribution < 1.29 is 14.3 Å². The Bertz CT molecular complexity index is 1080. The average Bonchev–Trinajstić information content (AvgIpc) is 2.62. The van der Waals surface area contributed by atoms with E-state index in [0.29, 0.717) is 17.6 Å². The SMILES string of the molecule is O=c1oc2ccccc2c2ccc(OCc3ccccc3)c(O)c12. The summed E-state index contributed by atoms with van der Waals surface area (Å²) < 4.78 is 11.0. The number of para-hydroxylation sites is 1. The molecule has 0 fully saturated rings. The Morgan fingerprint density at radius 1 is 0.875 bits per heavy atom. The van der Waals surface area contributed by atoms with Crippen molar-refractivity contribution in [3.8, 4) is 11.5 Å². The highest BCUT2D eigenvalue weighted by Crippen LogP contribution is 2.35. The number of aromatic hydroxyl groups is 1. The maximum Gasteiger partial charge on any atom is 0.348 e. The minimum atomic E-state index is -0.577. The van der Waals surface area contributed by atoms with Crippen LogP contribution in [0.25, 0.3) is 21.7 Å². The largest absolute Gasteiger partial charge is 0.504 e. The minimum Gasteiger partial charge on any atom is -0.504 e. The van der Waals surface area contributed by atoms with Crippen LogP contribution in [0.4, 0.5) is 0 Å². The fourth-order valence-electron chi connectivity index (χ4n) is 2.78. The molecule has 1 aromatic heterocycles. The van der Waals surface area contributed by atoms with Gasteiger partial charge in [0.25, 0.3) is 0 Å². The molecule has 4 aromatic rings. The second-order valence-electron chi connectivity index (χ2n) is 5.49. The van der Waals surface area contributed by atoms with Crippen molar-refractivity contribution >= 4 is 21.7 Å². The summed E-state index contributed by atoms with van der Waals surface area (Å²) in [6.45, 7) is 0.304. The molecule has 4 heteroatoms. The third kappa shape index (κ3) is 2.38. The van der Waals surface area contributed by atoms with Crippen molar-refractivity contribution in [1.82, 2.24) is 0 Å². The highest BCUT2D eigenvalue weighted by atomic mass is 16.5. The van der Waals surface area contributed by atoms with E-state index in [9.17, 15) is 9.90 Å². The molecule has 4 nitrogen and oxygen atoms in total. The fourth-order valence-corrected chi connectivity index (χ4v) is 2.78. The molecule has 24 heavy (non-hydrogen) atoms. The van der Waals surface area contributed by atoms with Gasteiger partial charge in [-0.25, -0.2) is 4.79 Å². The molecule has 0 spiro atoms. The first-order valence-corrected chi connectivity index (χ1v) is 7.58. The highest BCUT2D eigenvalue weighted by Gasteiger charge is 2.15. The fraction of sp³-hybridized carbons (Fsp3) is 0.0500. The number of phenolic OH excluding ortho intramolecular Hbond substituents is 1. The van der Waals surface area contributed by atoms with Crippen LogP contribution in [-0.4, -0.2) is 5.11 Å². The predicted octanol–water partition coefficient (Wildman–Crippen LogP) is 4.23. The molecule has 118 valence electrons. The predicted molar refractivity (Wildman–Crippen MR) is 92.4 cm³/mol. The molecule has 0 amide bonds. The molecule has 0 saturated heterocycles. The molecule has 0 aliphatic heterocycles. The molecule has 1 N–H and O–H groups in total. The van der Waals surface area contributed by atoms with Gasteiger partial charge in [0.15, 0.2) is 11.5 Å². The lowest BCUT2D eigenvalue weighted by Gasteiger charge is -2.10. The van der Waals surface area contributed by atoms with E-state index in [0.717, 1.165) is 10.9 Å². The van der Waals surface area contributed by atoms with E-state index >= 15 is 0 Å². The molecule has 0 aliphatic carbocycles. The van der Waals surface area contributed by atoms with Crippen LogP contribution in [0, 0.1) is 0 Å². The van der Waals surface area contributed by atoms with E-state index < -0.39 is 5.63 Å². The number of benzene rings is 3. The van der Waals surface area contributed by atoms with Crippen LogP contribution in [0.5, 0.6) is 11.5 Å². The van der Waals surface area contributed by atoms with Gasteiger partial charge in [-0.05, 0) is 23.8 Å². The van der Waals surface area contributed by atoms with Crippen molar-refractivity contribution in [3.63, 3.8) is 0 Å². The van der Waals surface area contributed by atoms with Crippen molar-refractivity contribution in [1.29, 1.82) is 0 Å². The topological polar surface area (TPSA) is 59.7 Å². The number of hydrogen-bond acceptors (Lipinski definition) is 4. The van der Waals surface area contributed by atoms with Crippen LogP contribution in [-0.2, 0) is 6.61 Å². The Hall–Kier alpha value is -3.27. The van der Waals surface area contributed by atoms with E-state index in [2.05, 4.69) is 0 Å². The molecule has 0 bridgehead atoms. The van der Waals surface area contributed by atoms with Crippen LogP contribution in [0.1, 0.15) is 5.56 Å². The first-order chi connectivity index (χ1) is 11.7. The van der Waals surface area contributed by atoms with Crippen molar-refractivity contribution in [3.05, 3.63) is 82.7 Å². The first-order valence-electron chi connectivity index (χ1n) is 7.58. The van der Waals surface area contributed by atoms with Gasteiger partial charge in [-0.3, -0.25) is 0 Å². The molecule has 0 atom stereocenters. The summed E-state index contributed by atoms with van der Waals surface area (Å²) in [6.07, 6.45) is 0. The second kappa shape index (κ2) is 5.74. The highest BCUT2D eigenvalue weighted by molar-refractivity contribution is 6.07. The normalized spacial score (nSPS) is 11.0. The molecule has 0 radical (unpaired) electrons. The molecule has 3 aromatic carbocycles. The molecule has 0 saturated carbocycles. The quantitative estimate of drug-likeness (QED) is 0.453. The van der Waals surface area contributed by atoms with Gasteiger partial charge in [-0.2, -0.15) is 0 Å². The van der Waals surface area contributed by atoms with Crippen LogP contribution < -0.4 is 10.4 Å². The van der Waals surface area contributed by atoms with Gasteiger partial charge in [0.1, 0.15) is 17.6 Å². The summed E-state index contributed by atoms with van der Waals surface area (Å²) in [4.78, 5) is 12.3. The zero-order valence-electron chi connectivity index (χ0n) is 12.7. The van der Waals surface area contributed by atoms with Crippen molar-refractivity contribution in [2.45, 2.75) is 6.61 Å². The lowest BCUT2D eigenvalue weighted by molar-refractivity contribution is 0.290. The average molecular weight is 318 g/mol. The van der Waals surface area contributed by atoms with Crippen LogP contribution in [0.3, 0.4) is 0 Å². The maximum absolute atomic E-state index is 12.3. The molecule has 0 aliphatic rings. The lowest BCUT2D eigenvalue weighted by Crippen LogP contribution is -2.02. The Kier molecular flexibility index (Phi) is 3.43. The van der Waals surface area contributed by atoms with Gasteiger partial charge < -0.3 is 14.3 Å². The maximum atomic E-state index is 12.3. The Morgan fingerprint density at radius 3 is 2.46 bits per heavy atom. The van der Waals surface area contributed by atoms with Gasteiger partial charge in [-0.1, -0.05) is 48.5 Å². The molecule has 0 unspecified atom stereocenters. The molecular formula is C20H14O4. The number of ether oxygens (including phenoxy) is 1. The van der Waals surface area contributed by atoms with Crippen LogP contribution in [0.2, 0.25) is 0 Å². The first kappa shape index (κ1) is 14.3. The number of rotatable bonds is 3. The van der Waals surface area contributed by atoms with Gasteiger partial charge in [0, 0.05) is 10.8 Å². The Balaban J connectivity index is 1.82. The number of fused-ring (bicyclic) bond motifs is 3. The monoisotopic (exact) mass is 318 g/mol. The molecule has 1 heterocycles. The minimum absolute atomic E-state index is 0.138. The lowest BCUT2D eigenvalue weighted by atomic mass is 10.1. The van der Waals surface area contributed by atoms with E-state index in [4.69, 9.17) is 9.15 Å². The summed E-state index contributed by atoms with van der Waals surface area (Å²) >= 11 is 0. The van der Waals surface area contributed by atoms with Crippen LogP contribution >= 0.6 is 0 Å². The molecule has 4 rings (SSSR count). The van der Waals surface area contributed by atoms with Crippen molar-refractivity contribution in [2.75, 3.05) is 0 Å². The standard InChI is InChI=1S/C20H14O4/c21-19-17(23-12-13-6-2-1-3-7-13)11-10-15-14-8-4-5-9-16(14)24-20(22)18(15)19/h1-11,21H,12H2. The van der Waals surface area contributed by atoms with Gasteiger partial charge >= 0.3 is 5.63 Å². The summed E-state index contributed by atoms with van der Waals surface area (Å²) in [7, 11) is 0.